The van der Waals surface area contributed by atoms with E-state index in [-0.39, 0.29) is 30.5 Å². The summed E-state index contributed by atoms with van der Waals surface area (Å²) >= 11 is 0. The summed E-state index contributed by atoms with van der Waals surface area (Å²) in [5, 5.41) is 3.13. The third-order valence-corrected chi connectivity index (χ3v) is 3.85. The smallest absolute Gasteiger partial charge is 0.355 e. The summed E-state index contributed by atoms with van der Waals surface area (Å²) in [6, 6.07) is 1.78. The molecule has 11 heteroatoms. The zero-order chi connectivity index (χ0) is 18.3. The molecule has 0 amide bonds. The Morgan fingerprint density at radius 2 is 1.85 bits per heavy atom. The Kier molecular flexibility index (Phi) is 9.33. The summed E-state index contributed by atoms with van der Waals surface area (Å²) in [5.41, 5.74) is 0. The third-order valence-electron chi connectivity index (χ3n) is 3.85. The predicted octanol–water partition coefficient (Wildman–Crippen LogP) is 1.29. The lowest BCUT2D eigenvalue weighted by molar-refractivity contribution is -0.142. The number of halogens is 4. The highest BCUT2D eigenvalue weighted by Crippen LogP contribution is 2.15. The maximum Gasteiger partial charge on any atom is 0.401 e. The van der Waals surface area contributed by atoms with Gasteiger partial charge < -0.3 is 15.1 Å². The second-order valence-electron chi connectivity index (χ2n) is 5.85. The number of rotatable bonds is 5. The van der Waals surface area contributed by atoms with Gasteiger partial charge >= 0.3 is 6.18 Å². The van der Waals surface area contributed by atoms with Crippen LogP contribution in [0.4, 0.5) is 19.1 Å². The van der Waals surface area contributed by atoms with E-state index >= 15 is 0 Å². The van der Waals surface area contributed by atoms with Gasteiger partial charge in [0.2, 0.25) is 5.95 Å². The van der Waals surface area contributed by atoms with Crippen molar-refractivity contribution < 1.29 is 13.2 Å². The van der Waals surface area contributed by atoms with Crippen LogP contribution in [0.15, 0.2) is 23.5 Å². The van der Waals surface area contributed by atoms with Gasteiger partial charge in [-0.15, -0.1) is 24.0 Å². The molecule has 0 radical (unpaired) electrons. The van der Waals surface area contributed by atoms with Gasteiger partial charge in [0.15, 0.2) is 5.96 Å². The number of guanidine groups is 1. The Balaban J connectivity index is 0.00000338. The Morgan fingerprint density at radius 1 is 1.23 bits per heavy atom. The molecule has 1 fully saturated rings. The second kappa shape index (κ2) is 10.7. The Morgan fingerprint density at radius 3 is 2.38 bits per heavy atom. The fourth-order valence-electron chi connectivity index (χ4n) is 2.65. The van der Waals surface area contributed by atoms with E-state index in [1.165, 1.54) is 11.9 Å². The van der Waals surface area contributed by atoms with Crippen LogP contribution in [-0.4, -0.2) is 91.8 Å². The zero-order valence-electron chi connectivity index (χ0n) is 14.9. The van der Waals surface area contributed by atoms with Gasteiger partial charge in [0.1, 0.15) is 0 Å². The lowest BCUT2D eigenvalue weighted by Crippen LogP contribution is -2.53. The van der Waals surface area contributed by atoms with Gasteiger partial charge in [-0.3, -0.25) is 9.89 Å². The minimum absolute atomic E-state index is 0. The van der Waals surface area contributed by atoms with Crippen molar-refractivity contribution in [2.45, 2.75) is 6.18 Å². The molecule has 0 atom stereocenters. The summed E-state index contributed by atoms with van der Waals surface area (Å²) in [6.45, 7) is 2.80. The summed E-state index contributed by atoms with van der Waals surface area (Å²) in [6.07, 6.45) is -0.744. The Bertz CT molecular complexity index is 548. The van der Waals surface area contributed by atoms with Crippen LogP contribution in [-0.2, 0) is 0 Å². The van der Waals surface area contributed by atoms with Gasteiger partial charge in [-0.1, -0.05) is 0 Å². The quantitative estimate of drug-likeness (QED) is 0.384. The molecule has 26 heavy (non-hydrogen) atoms. The largest absolute Gasteiger partial charge is 0.401 e. The van der Waals surface area contributed by atoms with Crippen molar-refractivity contribution in [2.75, 3.05) is 64.8 Å². The van der Waals surface area contributed by atoms with Crippen LogP contribution >= 0.6 is 24.0 Å². The van der Waals surface area contributed by atoms with Gasteiger partial charge in [0.05, 0.1) is 6.54 Å². The van der Waals surface area contributed by atoms with E-state index in [9.17, 15) is 13.2 Å². The maximum absolute atomic E-state index is 12.3. The molecule has 1 saturated heterocycles. The van der Waals surface area contributed by atoms with E-state index in [0.29, 0.717) is 18.5 Å². The van der Waals surface area contributed by atoms with Crippen LogP contribution in [0.5, 0.6) is 0 Å². The minimum atomic E-state index is -4.17. The van der Waals surface area contributed by atoms with Crippen molar-refractivity contribution in [3.8, 4) is 0 Å². The van der Waals surface area contributed by atoms with Crippen LogP contribution in [0.25, 0.3) is 0 Å². The number of aromatic nitrogens is 2. The van der Waals surface area contributed by atoms with Crippen molar-refractivity contribution >= 4 is 35.9 Å². The number of piperazine rings is 1. The van der Waals surface area contributed by atoms with Crippen LogP contribution in [0.1, 0.15) is 0 Å². The summed E-state index contributed by atoms with van der Waals surface area (Å²) in [5.74, 6) is 1.41. The molecular formula is C15H25F3IN7. The molecule has 1 N–H and O–H groups in total. The monoisotopic (exact) mass is 487 g/mol. The standard InChI is InChI=1S/C15H24F3N7.HI/c1-19-13(22-6-7-23(2)12-15(16,17)18)24-8-10-25(11-9-24)14-20-4-3-5-21-14;/h3-5H,6-12H2,1-2H3,(H,19,22);1H. The SMILES string of the molecule is CN=C(NCCN(C)CC(F)(F)F)N1CCN(c2ncccn2)CC1.I. The molecule has 2 rings (SSSR count). The number of nitrogens with one attached hydrogen (secondary N) is 1. The van der Waals surface area contributed by atoms with Gasteiger partial charge in [-0.05, 0) is 13.1 Å². The lowest BCUT2D eigenvalue weighted by atomic mass is 10.3. The lowest BCUT2D eigenvalue weighted by Gasteiger charge is -2.36. The summed E-state index contributed by atoms with van der Waals surface area (Å²) in [4.78, 5) is 18.1. The molecule has 0 aromatic carbocycles. The summed E-state index contributed by atoms with van der Waals surface area (Å²) < 4.78 is 36.9. The third kappa shape index (κ3) is 7.48. The number of anilines is 1. The van der Waals surface area contributed by atoms with E-state index in [1.54, 1.807) is 25.5 Å². The van der Waals surface area contributed by atoms with Crippen molar-refractivity contribution in [1.29, 1.82) is 0 Å². The van der Waals surface area contributed by atoms with E-state index in [1.807, 2.05) is 0 Å². The molecule has 148 valence electrons. The van der Waals surface area contributed by atoms with Gasteiger partial charge in [0, 0.05) is 58.7 Å². The fourth-order valence-corrected chi connectivity index (χ4v) is 2.65. The molecule has 1 aliphatic heterocycles. The van der Waals surface area contributed by atoms with Crippen molar-refractivity contribution in [3.63, 3.8) is 0 Å². The molecule has 0 spiro atoms. The first kappa shape index (κ1) is 22.7. The highest BCUT2D eigenvalue weighted by molar-refractivity contribution is 14.0. The molecule has 2 heterocycles. The number of aliphatic imine (C=N–C) groups is 1. The van der Waals surface area contributed by atoms with E-state index in [2.05, 4.69) is 30.1 Å². The van der Waals surface area contributed by atoms with Gasteiger partial charge in [-0.2, -0.15) is 13.2 Å². The van der Waals surface area contributed by atoms with E-state index < -0.39 is 12.7 Å². The average molecular weight is 487 g/mol. The highest BCUT2D eigenvalue weighted by Gasteiger charge is 2.29. The van der Waals surface area contributed by atoms with E-state index in [0.717, 1.165) is 26.2 Å². The van der Waals surface area contributed by atoms with E-state index in [4.69, 9.17) is 0 Å². The first-order valence-corrected chi connectivity index (χ1v) is 8.12. The van der Waals surface area contributed by atoms with Crippen LogP contribution in [0.3, 0.4) is 0 Å². The average Bonchev–Trinajstić information content (AvgIpc) is 2.58. The number of hydrogen-bond donors (Lipinski definition) is 1. The van der Waals surface area contributed by atoms with Crippen molar-refractivity contribution in [3.05, 3.63) is 18.5 Å². The molecule has 7 nitrogen and oxygen atoms in total. The summed E-state index contributed by atoms with van der Waals surface area (Å²) in [7, 11) is 3.13. The van der Waals surface area contributed by atoms with Gasteiger partial charge in [0.25, 0.3) is 0 Å². The molecule has 0 bridgehead atoms. The second-order valence-corrected chi connectivity index (χ2v) is 5.85. The first-order chi connectivity index (χ1) is 11.9. The number of likely N-dealkylation sites (N-methyl/N-ethyl adjacent to an activating group) is 1. The zero-order valence-corrected chi connectivity index (χ0v) is 17.2. The topological polar surface area (TPSA) is 59.9 Å². The maximum atomic E-state index is 12.3. The molecule has 0 saturated carbocycles. The van der Waals surface area contributed by atoms with Crippen LogP contribution in [0.2, 0.25) is 0 Å². The van der Waals surface area contributed by atoms with Crippen molar-refractivity contribution in [1.82, 2.24) is 25.1 Å². The number of nitrogens with zero attached hydrogens (tertiary/aromatic N) is 6. The molecule has 0 aliphatic carbocycles. The molecular weight excluding hydrogens is 462 g/mol. The molecule has 1 aliphatic rings. The van der Waals surface area contributed by atoms with Gasteiger partial charge in [-0.25, -0.2) is 9.97 Å². The normalized spacial score (nSPS) is 15.8. The van der Waals surface area contributed by atoms with Crippen LogP contribution < -0.4 is 10.2 Å². The van der Waals surface area contributed by atoms with Crippen molar-refractivity contribution in [2.24, 2.45) is 4.99 Å². The molecule has 0 unspecified atom stereocenters. The number of hydrogen-bond acceptors (Lipinski definition) is 5. The Labute approximate surface area is 168 Å². The fraction of sp³-hybridized carbons (Fsp3) is 0.667. The van der Waals surface area contributed by atoms with Crippen LogP contribution in [0, 0.1) is 0 Å². The molecule has 1 aromatic rings. The minimum Gasteiger partial charge on any atom is -0.355 e. The highest BCUT2D eigenvalue weighted by atomic mass is 127. The predicted molar refractivity (Wildman–Crippen MR) is 106 cm³/mol. The number of alkyl halides is 3. The molecule has 1 aromatic heterocycles. The Hall–Kier alpha value is -1.37. The first-order valence-electron chi connectivity index (χ1n) is 8.12.